The number of rotatable bonds is 1. The Hall–Kier alpha value is -0.910. The SMILES string of the molecule is C[C@]12CC[C@H]3[C@@H](C[C@@H](O)[C@@]4(O)C[C@@H](O)CC[C@]34C)[C@@H]1CC/C2=C/C(=O)O. The number of carboxylic acids is 1. The molecule has 4 fully saturated rings. The maximum atomic E-state index is 11.4. The van der Waals surface area contributed by atoms with Crippen LogP contribution in [0.2, 0.25) is 0 Å². The Labute approximate surface area is 155 Å². The fraction of sp³-hybridized carbons (Fsp3) is 0.857. The molecule has 0 radical (unpaired) electrons. The van der Waals surface area contributed by atoms with Gasteiger partial charge >= 0.3 is 5.97 Å². The number of carboxylic acid groups (broad SMARTS) is 1. The number of aliphatic carboxylic acids is 1. The van der Waals surface area contributed by atoms with E-state index in [1.165, 1.54) is 6.08 Å². The van der Waals surface area contributed by atoms with Crippen molar-refractivity contribution < 1.29 is 25.2 Å². The fourth-order valence-electron chi connectivity index (χ4n) is 7.49. The van der Waals surface area contributed by atoms with Crippen molar-refractivity contribution in [3.05, 3.63) is 11.6 Å². The maximum Gasteiger partial charge on any atom is 0.328 e. The molecule has 0 aromatic carbocycles. The van der Waals surface area contributed by atoms with E-state index in [1.54, 1.807) is 0 Å². The Kier molecular flexibility index (Phi) is 4.11. The second-order valence-electron chi connectivity index (χ2n) is 9.87. The summed E-state index contributed by atoms with van der Waals surface area (Å²) in [5.41, 5.74) is -0.639. The van der Waals surface area contributed by atoms with E-state index >= 15 is 0 Å². The number of fused-ring (bicyclic) bond motifs is 5. The Morgan fingerprint density at radius 3 is 2.54 bits per heavy atom. The second kappa shape index (κ2) is 5.79. The van der Waals surface area contributed by atoms with Crippen molar-refractivity contribution in [1.82, 2.24) is 0 Å². The summed E-state index contributed by atoms with van der Waals surface area (Å²) in [6.45, 7) is 4.32. The van der Waals surface area contributed by atoms with Crippen molar-refractivity contribution in [2.75, 3.05) is 0 Å². The summed E-state index contributed by atoms with van der Waals surface area (Å²) in [5, 5.41) is 41.7. The number of carbonyl (C=O) groups is 1. The van der Waals surface area contributed by atoms with Gasteiger partial charge in [0.1, 0.15) is 0 Å². The highest BCUT2D eigenvalue weighted by Gasteiger charge is 2.66. The molecule has 0 spiro atoms. The molecular weight excluding hydrogens is 332 g/mol. The molecule has 0 aromatic heterocycles. The minimum Gasteiger partial charge on any atom is -0.478 e. The number of allylic oxidation sites excluding steroid dienone is 1. The summed E-state index contributed by atoms with van der Waals surface area (Å²) in [6.07, 6.45) is 6.00. The molecule has 5 heteroatoms. The third-order valence-electron chi connectivity index (χ3n) is 8.98. The Morgan fingerprint density at radius 1 is 1.12 bits per heavy atom. The summed E-state index contributed by atoms with van der Waals surface area (Å²) >= 11 is 0. The molecule has 0 bridgehead atoms. The summed E-state index contributed by atoms with van der Waals surface area (Å²) in [7, 11) is 0. The van der Waals surface area contributed by atoms with Crippen LogP contribution in [0.3, 0.4) is 0 Å². The smallest absolute Gasteiger partial charge is 0.328 e. The van der Waals surface area contributed by atoms with Gasteiger partial charge in [-0.15, -0.1) is 0 Å². The molecule has 146 valence electrons. The van der Waals surface area contributed by atoms with Crippen molar-refractivity contribution in [1.29, 1.82) is 0 Å². The third-order valence-corrected chi connectivity index (χ3v) is 8.98. The molecule has 5 nitrogen and oxygen atoms in total. The normalized spacial score (nSPS) is 55.1. The number of aliphatic hydroxyl groups excluding tert-OH is 2. The van der Waals surface area contributed by atoms with Crippen LogP contribution in [-0.2, 0) is 4.79 Å². The molecule has 26 heavy (non-hydrogen) atoms. The largest absolute Gasteiger partial charge is 0.478 e. The Balaban J connectivity index is 1.70. The van der Waals surface area contributed by atoms with Gasteiger partial charge < -0.3 is 20.4 Å². The average Bonchev–Trinajstić information content (AvgIpc) is 2.87. The number of hydrogen-bond acceptors (Lipinski definition) is 4. The fourth-order valence-corrected chi connectivity index (χ4v) is 7.49. The lowest BCUT2D eigenvalue weighted by Crippen LogP contribution is -2.68. The highest BCUT2D eigenvalue weighted by Crippen LogP contribution is 2.68. The Morgan fingerprint density at radius 2 is 1.85 bits per heavy atom. The van der Waals surface area contributed by atoms with Crippen molar-refractivity contribution in [2.45, 2.75) is 83.0 Å². The highest BCUT2D eigenvalue weighted by molar-refractivity contribution is 5.81. The third kappa shape index (κ3) is 2.29. The maximum absolute atomic E-state index is 11.4. The van der Waals surface area contributed by atoms with Gasteiger partial charge in [-0.25, -0.2) is 4.79 Å². The quantitative estimate of drug-likeness (QED) is 0.536. The second-order valence-corrected chi connectivity index (χ2v) is 9.87. The van der Waals surface area contributed by atoms with E-state index in [1.807, 2.05) is 0 Å². The van der Waals surface area contributed by atoms with Crippen LogP contribution in [0, 0.1) is 28.6 Å². The summed E-state index contributed by atoms with van der Waals surface area (Å²) in [6, 6.07) is 0. The van der Waals surface area contributed by atoms with E-state index < -0.39 is 23.8 Å². The minimum absolute atomic E-state index is 0.0979. The van der Waals surface area contributed by atoms with Gasteiger partial charge in [-0.2, -0.15) is 0 Å². The van der Waals surface area contributed by atoms with Gasteiger partial charge in [0.15, 0.2) is 0 Å². The van der Waals surface area contributed by atoms with Crippen LogP contribution in [0.15, 0.2) is 11.6 Å². The molecule has 4 saturated carbocycles. The first-order chi connectivity index (χ1) is 12.1. The summed E-state index contributed by atoms with van der Waals surface area (Å²) < 4.78 is 0. The predicted molar refractivity (Wildman–Crippen MR) is 96.3 cm³/mol. The van der Waals surface area contributed by atoms with E-state index in [9.17, 15) is 25.2 Å². The van der Waals surface area contributed by atoms with Crippen LogP contribution >= 0.6 is 0 Å². The van der Waals surface area contributed by atoms with Crippen LogP contribution in [0.5, 0.6) is 0 Å². The van der Waals surface area contributed by atoms with Crippen LogP contribution in [0.4, 0.5) is 0 Å². The lowest BCUT2D eigenvalue weighted by atomic mass is 9.43. The molecule has 0 heterocycles. The molecule has 4 aliphatic rings. The first-order valence-electron chi connectivity index (χ1n) is 10.1. The molecule has 4 rings (SSSR count). The zero-order chi connectivity index (χ0) is 18.9. The van der Waals surface area contributed by atoms with Gasteiger partial charge in [-0.1, -0.05) is 19.4 Å². The molecule has 0 aliphatic heterocycles. The molecule has 0 saturated heterocycles. The van der Waals surface area contributed by atoms with E-state index in [0.29, 0.717) is 30.6 Å². The molecule has 8 atom stereocenters. The zero-order valence-corrected chi connectivity index (χ0v) is 15.8. The Bertz CT molecular complexity index is 644. The van der Waals surface area contributed by atoms with Gasteiger partial charge in [-0.3, -0.25) is 0 Å². The van der Waals surface area contributed by atoms with Gasteiger partial charge in [0.05, 0.1) is 17.8 Å². The van der Waals surface area contributed by atoms with Crippen molar-refractivity contribution in [3.8, 4) is 0 Å². The topological polar surface area (TPSA) is 98.0 Å². The summed E-state index contributed by atoms with van der Waals surface area (Å²) in [5.74, 6) is 0.139. The number of aliphatic hydroxyl groups is 3. The van der Waals surface area contributed by atoms with E-state index in [0.717, 1.165) is 37.7 Å². The predicted octanol–water partition coefficient (Wildman–Crippen LogP) is 2.49. The zero-order valence-electron chi connectivity index (χ0n) is 15.8. The van der Waals surface area contributed by atoms with Crippen molar-refractivity contribution in [3.63, 3.8) is 0 Å². The average molecular weight is 364 g/mol. The highest BCUT2D eigenvalue weighted by atomic mass is 16.4. The van der Waals surface area contributed by atoms with Gasteiger partial charge in [0.25, 0.3) is 0 Å². The van der Waals surface area contributed by atoms with Crippen LogP contribution < -0.4 is 0 Å². The number of hydrogen-bond donors (Lipinski definition) is 4. The molecule has 0 amide bonds. The van der Waals surface area contributed by atoms with Gasteiger partial charge in [-0.05, 0) is 68.1 Å². The molecule has 4 aliphatic carbocycles. The summed E-state index contributed by atoms with van der Waals surface area (Å²) in [4.78, 5) is 11.2. The monoisotopic (exact) mass is 364 g/mol. The van der Waals surface area contributed by atoms with E-state index in [-0.39, 0.29) is 17.3 Å². The van der Waals surface area contributed by atoms with Crippen molar-refractivity contribution >= 4 is 5.97 Å². The molecule has 0 aromatic rings. The lowest BCUT2D eigenvalue weighted by molar-refractivity contribution is -0.262. The first-order valence-corrected chi connectivity index (χ1v) is 10.1. The molecule has 4 N–H and O–H groups in total. The van der Waals surface area contributed by atoms with Gasteiger partial charge in [0, 0.05) is 17.9 Å². The van der Waals surface area contributed by atoms with Gasteiger partial charge in [0.2, 0.25) is 0 Å². The van der Waals surface area contributed by atoms with Crippen LogP contribution in [-0.4, -0.2) is 44.2 Å². The minimum atomic E-state index is -1.21. The molecular formula is C21H32O5. The van der Waals surface area contributed by atoms with Crippen LogP contribution in [0.25, 0.3) is 0 Å². The molecule has 0 unspecified atom stereocenters. The van der Waals surface area contributed by atoms with Crippen molar-refractivity contribution in [2.24, 2.45) is 28.6 Å². The van der Waals surface area contributed by atoms with Crippen LogP contribution in [0.1, 0.15) is 65.2 Å². The first kappa shape index (κ1) is 18.5. The van der Waals surface area contributed by atoms with E-state index in [2.05, 4.69) is 13.8 Å². The lowest BCUT2D eigenvalue weighted by Gasteiger charge is -2.65. The van der Waals surface area contributed by atoms with E-state index in [4.69, 9.17) is 0 Å². The standard InChI is InChI=1S/C21H32O5/c1-19-7-6-16-14(15(19)4-3-12(19)9-18(24)25)10-17(23)21(26)11-13(22)5-8-20(16,21)2/h9,13-17,22-23,26H,3-8,10-11H2,1-2H3,(H,24,25)/b12-9-/t13-,14-,15-,16-,17+,19+,20+,21-/m0/s1.